The van der Waals surface area contributed by atoms with Crippen molar-refractivity contribution < 1.29 is 18.3 Å². The van der Waals surface area contributed by atoms with Gasteiger partial charge in [0, 0.05) is 53.4 Å². The number of hydrogen-bond acceptors (Lipinski definition) is 6. The van der Waals surface area contributed by atoms with Crippen LogP contribution in [0.2, 0.25) is 0 Å². The maximum absolute atomic E-state index is 12.6. The molecular formula is C19H24N4O4S. The molecule has 150 valence electrons. The summed E-state index contributed by atoms with van der Waals surface area (Å²) in [7, 11) is 0.618. The van der Waals surface area contributed by atoms with Gasteiger partial charge in [0.2, 0.25) is 5.91 Å². The molecule has 1 aliphatic rings. The Morgan fingerprint density at radius 1 is 1.43 bits per heavy atom. The van der Waals surface area contributed by atoms with Crippen molar-refractivity contribution >= 4 is 33.7 Å². The van der Waals surface area contributed by atoms with Crippen LogP contribution in [0.5, 0.6) is 0 Å². The van der Waals surface area contributed by atoms with Gasteiger partial charge in [0.05, 0.1) is 16.6 Å². The number of aromatic nitrogens is 2. The zero-order valence-electron chi connectivity index (χ0n) is 16.2. The molecule has 0 saturated heterocycles. The highest BCUT2D eigenvalue weighted by Crippen LogP contribution is 2.19. The molecule has 1 unspecified atom stereocenters. The van der Waals surface area contributed by atoms with E-state index in [1.807, 2.05) is 13.8 Å². The maximum Gasteiger partial charge on any atom is 0.257 e. The SMILES string of the molecule is CCc1noc2ncc(C(=O)N[C@H](C)CN(C)C(=O)C3=CS(=O)CCC3)cc12. The van der Waals surface area contributed by atoms with Gasteiger partial charge < -0.3 is 14.7 Å². The van der Waals surface area contributed by atoms with E-state index in [4.69, 9.17) is 4.52 Å². The zero-order chi connectivity index (χ0) is 20.3. The van der Waals surface area contributed by atoms with Crippen LogP contribution in [-0.4, -0.2) is 56.5 Å². The van der Waals surface area contributed by atoms with Crippen LogP contribution in [0.25, 0.3) is 11.1 Å². The van der Waals surface area contributed by atoms with Crippen LogP contribution in [0.4, 0.5) is 0 Å². The summed E-state index contributed by atoms with van der Waals surface area (Å²) < 4.78 is 16.8. The normalized spacial score (nSPS) is 17.8. The smallest absolute Gasteiger partial charge is 0.257 e. The Bertz CT molecular complexity index is 953. The summed E-state index contributed by atoms with van der Waals surface area (Å²) in [6, 6.07) is 1.46. The highest BCUT2D eigenvalue weighted by atomic mass is 32.2. The van der Waals surface area contributed by atoms with E-state index in [0.29, 0.717) is 42.0 Å². The lowest BCUT2D eigenvalue weighted by molar-refractivity contribution is -0.126. The zero-order valence-corrected chi connectivity index (χ0v) is 17.0. The average molecular weight is 404 g/mol. The first-order valence-electron chi connectivity index (χ1n) is 9.27. The third kappa shape index (κ3) is 4.46. The summed E-state index contributed by atoms with van der Waals surface area (Å²) in [5.41, 5.74) is 2.16. The second-order valence-corrected chi connectivity index (χ2v) is 8.36. The van der Waals surface area contributed by atoms with Gasteiger partial charge in [0.1, 0.15) is 0 Å². The highest BCUT2D eigenvalue weighted by Gasteiger charge is 2.21. The fourth-order valence-electron chi connectivity index (χ4n) is 3.19. The Morgan fingerprint density at radius 2 is 2.21 bits per heavy atom. The van der Waals surface area contributed by atoms with Crippen molar-refractivity contribution in [1.82, 2.24) is 20.4 Å². The van der Waals surface area contributed by atoms with Crippen molar-refractivity contribution in [2.75, 3.05) is 19.3 Å². The molecule has 3 heterocycles. The Balaban J connectivity index is 1.62. The Hall–Kier alpha value is -2.55. The summed E-state index contributed by atoms with van der Waals surface area (Å²) in [4.78, 5) is 30.8. The van der Waals surface area contributed by atoms with Crippen molar-refractivity contribution in [3.8, 4) is 0 Å². The molecule has 3 rings (SSSR count). The standard InChI is InChI=1S/C19H24N4O4S/c1-4-16-15-8-14(9-20-18(15)27-22-16)17(24)21-12(2)10-23(3)19(25)13-6-5-7-28(26)11-13/h8-9,11-12H,4-7,10H2,1-3H3,(H,21,24)/t12-,28?/m1/s1. The van der Waals surface area contributed by atoms with Gasteiger partial charge in [-0.3, -0.25) is 13.8 Å². The molecule has 0 radical (unpaired) electrons. The third-order valence-electron chi connectivity index (χ3n) is 4.61. The molecular weight excluding hydrogens is 380 g/mol. The summed E-state index contributed by atoms with van der Waals surface area (Å²) in [5, 5.41) is 9.11. The topological polar surface area (TPSA) is 105 Å². The van der Waals surface area contributed by atoms with E-state index in [2.05, 4.69) is 15.5 Å². The molecule has 2 amide bonds. The molecule has 2 atom stereocenters. The number of hydrogen-bond donors (Lipinski definition) is 1. The van der Waals surface area contributed by atoms with E-state index >= 15 is 0 Å². The van der Waals surface area contributed by atoms with Gasteiger partial charge in [-0.2, -0.15) is 0 Å². The Labute approximate surface area is 165 Å². The van der Waals surface area contributed by atoms with E-state index in [1.165, 1.54) is 6.20 Å². The van der Waals surface area contributed by atoms with Crippen LogP contribution in [0.1, 0.15) is 42.7 Å². The minimum atomic E-state index is -1.06. The minimum Gasteiger partial charge on any atom is -0.348 e. The molecule has 1 N–H and O–H groups in total. The fraction of sp³-hybridized carbons (Fsp3) is 0.474. The van der Waals surface area contributed by atoms with Crippen molar-refractivity contribution in [1.29, 1.82) is 0 Å². The Kier molecular flexibility index (Phi) is 6.23. The van der Waals surface area contributed by atoms with Crippen molar-refractivity contribution in [3.05, 3.63) is 34.5 Å². The van der Waals surface area contributed by atoms with Crippen LogP contribution >= 0.6 is 0 Å². The van der Waals surface area contributed by atoms with Crippen LogP contribution in [0, 0.1) is 0 Å². The number of pyridine rings is 1. The van der Waals surface area contributed by atoms with Crippen molar-refractivity contribution in [2.24, 2.45) is 0 Å². The molecule has 0 bridgehead atoms. The summed E-state index contributed by atoms with van der Waals surface area (Å²) in [6.07, 6.45) is 3.53. The number of carbonyl (C=O) groups excluding carboxylic acids is 2. The fourth-order valence-corrected chi connectivity index (χ4v) is 4.27. The number of carbonyl (C=O) groups is 2. The van der Waals surface area contributed by atoms with E-state index in [0.717, 1.165) is 17.5 Å². The lowest BCUT2D eigenvalue weighted by Gasteiger charge is -2.24. The van der Waals surface area contributed by atoms with Crippen LogP contribution in [-0.2, 0) is 22.0 Å². The van der Waals surface area contributed by atoms with Gasteiger partial charge in [-0.25, -0.2) is 4.98 Å². The lowest BCUT2D eigenvalue weighted by atomic mass is 10.1. The maximum atomic E-state index is 12.6. The van der Waals surface area contributed by atoms with Gasteiger partial charge in [-0.05, 0) is 32.3 Å². The number of likely N-dealkylation sites (N-methyl/N-ethyl adjacent to an activating group) is 1. The lowest BCUT2D eigenvalue weighted by Crippen LogP contribution is -2.43. The predicted molar refractivity (Wildman–Crippen MR) is 106 cm³/mol. The third-order valence-corrected chi connectivity index (χ3v) is 5.85. The minimum absolute atomic E-state index is 0.144. The number of fused-ring (bicyclic) bond motifs is 1. The number of amides is 2. The van der Waals surface area contributed by atoms with Gasteiger partial charge in [0.25, 0.3) is 11.6 Å². The molecule has 0 fully saturated rings. The molecule has 1 aliphatic heterocycles. The number of nitrogens with zero attached hydrogens (tertiary/aromatic N) is 3. The molecule has 0 spiro atoms. The molecule has 9 heteroatoms. The predicted octanol–water partition coefficient (Wildman–Crippen LogP) is 1.79. The van der Waals surface area contributed by atoms with E-state index in [9.17, 15) is 13.8 Å². The molecule has 0 aromatic carbocycles. The van der Waals surface area contributed by atoms with Crippen LogP contribution in [0.3, 0.4) is 0 Å². The second kappa shape index (κ2) is 8.64. The quantitative estimate of drug-likeness (QED) is 0.787. The second-order valence-electron chi connectivity index (χ2n) is 6.95. The first-order valence-corrected chi connectivity index (χ1v) is 10.7. The summed E-state index contributed by atoms with van der Waals surface area (Å²) in [6.45, 7) is 4.13. The Morgan fingerprint density at radius 3 is 2.93 bits per heavy atom. The van der Waals surface area contributed by atoms with Crippen molar-refractivity contribution in [3.63, 3.8) is 0 Å². The largest absolute Gasteiger partial charge is 0.348 e. The summed E-state index contributed by atoms with van der Waals surface area (Å²) >= 11 is 0. The van der Waals surface area contributed by atoms with E-state index < -0.39 is 10.8 Å². The van der Waals surface area contributed by atoms with E-state index in [-0.39, 0.29) is 17.9 Å². The van der Waals surface area contributed by atoms with Gasteiger partial charge in [-0.1, -0.05) is 12.1 Å². The van der Waals surface area contributed by atoms with Crippen LogP contribution < -0.4 is 5.32 Å². The molecule has 0 saturated carbocycles. The van der Waals surface area contributed by atoms with Crippen molar-refractivity contribution in [2.45, 2.75) is 39.2 Å². The average Bonchev–Trinajstić information content (AvgIpc) is 3.09. The number of nitrogens with one attached hydrogen (secondary N) is 1. The summed E-state index contributed by atoms with van der Waals surface area (Å²) in [5.74, 6) is 0.190. The van der Waals surface area contributed by atoms with Gasteiger partial charge in [-0.15, -0.1) is 0 Å². The monoisotopic (exact) mass is 404 g/mol. The molecule has 2 aromatic heterocycles. The molecule has 2 aromatic rings. The number of aryl methyl sites for hydroxylation is 1. The van der Waals surface area contributed by atoms with Gasteiger partial charge >= 0.3 is 0 Å². The van der Waals surface area contributed by atoms with Crippen LogP contribution in [0.15, 0.2) is 27.8 Å². The van der Waals surface area contributed by atoms with Gasteiger partial charge in [0.15, 0.2) is 0 Å². The van der Waals surface area contributed by atoms with E-state index in [1.54, 1.807) is 23.4 Å². The molecule has 8 nitrogen and oxygen atoms in total. The highest BCUT2D eigenvalue weighted by molar-refractivity contribution is 7.88. The first-order chi connectivity index (χ1) is 13.4. The molecule has 28 heavy (non-hydrogen) atoms. The number of rotatable bonds is 6. The molecule has 0 aliphatic carbocycles. The first kappa shape index (κ1) is 20.2.